The molecule has 1 amide bonds. The van der Waals surface area contributed by atoms with E-state index in [1.165, 1.54) is 16.2 Å². The van der Waals surface area contributed by atoms with Gasteiger partial charge in [0.15, 0.2) is 0 Å². The van der Waals surface area contributed by atoms with E-state index in [9.17, 15) is 14.7 Å². The largest absolute Gasteiger partial charge is 0.507 e. The highest BCUT2D eigenvalue weighted by Crippen LogP contribution is 2.44. The van der Waals surface area contributed by atoms with Crippen LogP contribution in [0, 0.1) is 27.7 Å². The monoisotopic (exact) mass is 417 g/mol. The molecule has 1 saturated heterocycles. The number of ketones is 1. The molecule has 0 spiro atoms. The third-order valence-corrected chi connectivity index (χ3v) is 6.73. The van der Waals surface area contributed by atoms with E-state index in [4.69, 9.17) is 0 Å². The van der Waals surface area contributed by atoms with Crippen molar-refractivity contribution in [1.29, 1.82) is 0 Å². The molecule has 0 bridgehead atoms. The number of anilines is 1. The molecule has 4 nitrogen and oxygen atoms in total. The summed E-state index contributed by atoms with van der Waals surface area (Å²) in [6, 6.07) is 14.4. The second-order valence-electron chi connectivity index (χ2n) is 7.78. The van der Waals surface area contributed by atoms with Gasteiger partial charge in [-0.15, -0.1) is 11.3 Å². The lowest BCUT2D eigenvalue weighted by molar-refractivity contribution is -0.132. The average Bonchev–Trinajstić information content (AvgIpc) is 3.24. The van der Waals surface area contributed by atoms with Crippen LogP contribution in [0.25, 0.3) is 5.76 Å². The van der Waals surface area contributed by atoms with E-state index in [0.29, 0.717) is 11.3 Å². The van der Waals surface area contributed by atoms with E-state index < -0.39 is 17.7 Å². The zero-order valence-electron chi connectivity index (χ0n) is 17.4. The van der Waals surface area contributed by atoms with Crippen molar-refractivity contribution in [2.45, 2.75) is 33.7 Å². The van der Waals surface area contributed by atoms with Gasteiger partial charge in [-0.1, -0.05) is 24.3 Å². The van der Waals surface area contributed by atoms with Gasteiger partial charge in [-0.2, -0.15) is 0 Å². The van der Waals surface area contributed by atoms with Crippen LogP contribution in [-0.2, 0) is 9.59 Å². The number of benzene rings is 2. The minimum Gasteiger partial charge on any atom is -0.507 e. The predicted molar refractivity (Wildman–Crippen MR) is 121 cm³/mol. The van der Waals surface area contributed by atoms with Crippen LogP contribution < -0.4 is 4.90 Å². The first kappa shape index (κ1) is 20.1. The van der Waals surface area contributed by atoms with Crippen LogP contribution in [0.1, 0.15) is 38.7 Å². The number of rotatable bonds is 3. The highest BCUT2D eigenvalue weighted by atomic mass is 32.1. The van der Waals surface area contributed by atoms with E-state index in [2.05, 4.69) is 0 Å². The molecule has 1 atom stereocenters. The minimum atomic E-state index is -0.662. The number of carbonyl (C=O) groups is 2. The molecule has 5 heteroatoms. The Morgan fingerprint density at radius 3 is 2.33 bits per heavy atom. The summed E-state index contributed by atoms with van der Waals surface area (Å²) in [5.41, 5.74) is 5.40. The first-order valence-corrected chi connectivity index (χ1v) is 10.7. The molecule has 4 rings (SSSR count). The quantitative estimate of drug-likeness (QED) is 0.342. The summed E-state index contributed by atoms with van der Waals surface area (Å²) in [5.74, 6) is -1.42. The molecule has 1 fully saturated rings. The zero-order valence-corrected chi connectivity index (χ0v) is 18.2. The Labute approximate surface area is 180 Å². The van der Waals surface area contributed by atoms with E-state index in [0.717, 1.165) is 27.1 Å². The van der Waals surface area contributed by atoms with Crippen molar-refractivity contribution in [3.63, 3.8) is 0 Å². The maximum absolute atomic E-state index is 13.2. The van der Waals surface area contributed by atoms with Crippen molar-refractivity contribution in [2.75, 3.05) is 4.90 Å². The Kier molecular flexibility index (Phi) is 5.08. The molecule has 1 aliphatic heterocycles. The van der Waals surface area contributed by atoms with Crippen LogP contribution in [0.15, 0.2) is 59.5 Å². The molecule has 2 aromatic carbocycles. The van der Waals surface area contributed by atoms with Crippen molar-refractivity contribution in [1.82, 2.24) is 0 Å². The van der Waals surface area contributed by atoms with Gasteiger partial charge in [0.05, 0.1) is 5.57 Å². The van der Waals surface area contributed by atoms with Crippen LogP contribution in [0.5, 0.6) is 0 Å². The van der Waals surface area contributed by atoms with Crippen LogP contribution in [0.2, 0.25) is 0 Å². The third-order valence-electron chi connectivity index (χ3n) is 5.65. The number of nitrogens with zero attached hydrogens (tertiary/aromatic N) is 1. The Bertz CT molecular complexity index is 1200. The molecule has 3 aromatic rings. The van der Waals surface area contributed by atoms with Gasteiger partial charge >= 0.3 is 0 Å². The molecular formula is C25H23NO3S. The maximum atomic E-state index is 13.2. The predicted octanol–water partition coefficient (Wildman–Crippen LogP) is 5.61. The van der Waals surface area contributed by atoms with Gasteiger partial charge in [0.1, 0.15) is 11.8 Å². The first-order valence-electron chi connectivity index (χ1n) is 9.79. The fourth-order valence-electron chi connectivity index (χ4n) is 3.83. The van der Waals surface area contributed by atoms with Gasteiger partial charge in [-0.25, -0.2) is 0 Å². The molecular weight excluding hydrogens is 394 g/mol. The summed E-state index contributed by atoms with van der Waals surface area (Å²) in [6.45, 7) is 7.85. The fraction of sp³-hybridized carbons (Fsp3) is 0.200. The van der Waals surface area contributed by atoms with Crippen molar-refractivity contribution in [2.24, 2.45) is 0 Å². The second kappa shape index (κ2) is 7.58. The summed E-state index contributed by atoms with van der Waals surface area (Å²) >= 11 is 1.48. The summed E-state index contributed by atoms with van der Waals surface area (Å²) in [6.07, 6.45) is 0. The average molecular weight is 418 g/mol. The van der Waals surface area contributed by atoms with E-state index >= 15 is 0 Å². The van der Waals surface area contributed by atoms with Crippen LogP contribution >= 0.6 is 11.3 Å². The molecule has 0 saturated carbocycles. The summed E-state index contributed by atoms with van der Waals surface area (Å²) in [5, 5.41) is 13.1. The zero-order chi connectivity index (χ0) is 21.6. The van der Waals surface area contributed by atoms with Crippen LogP contribution in [-0.4, -0.2) is 16.8 Å². The second-order valence-corrected chi connectivity index (χ2v) is 8.72. The van der Waals surface area contributed by atoms with E-state index in [1.54, 1.807) is 6.07 Å². The molecule has 30 heavy (non-hydrogen) atoms. The number of thiophene rings is 1. The number of Topliss-reactive ketones (excluding diaryl/α,β-unsaturated/α-hetero) is 1. The highest BCUT2D eigenvalue weighted by Gasteiger charge is 2.47. The molecule has 0 aliphatic carbocycles. The van der Waals surface area contributed by atoms with Gasteiger partial charge in [-0.05, 0) is 79.6 Å². The lowest BCUT2D eigenvalue weighted by atomic mass is 9.96. The number of carbonyl (C=O) groups excluding carboxylic acids is 2. The first-order chi connectivity index (χ1) is 14.3. The standard InChI is InChI=1S/C25H23NO3S/c1-14-6-5-7-19(12-14)26-21(24-16(3)10-11-30-24)20(23(28)25(26)29)22(27)18-9-8-15(2)17(4)13-18/h5-13,21,27H,1-4H3/b22-20-. The van der Waals surface area contributed by atoms with E-state index in [1.807, 2.05) is 75.5 Å². The van der Waals surface area contributed by atoms with Crippen molar-refractivity contribution >= 4 is 34.5 Å². The SMILES string of the molecule is Cc1cccc(N2C(=O)C(=O)/C(=C(\O)c3ccc(C)c(C)c3)C2c2sccc2C)c1. The number of aryl methyl sites for hydroxylation is 4. The molecule has 2 heterocycles. The number of aliphatic hydroxyl groups is 1. The topological polar surface area (TPSA) is 57.6 Å². The normalized spacial score (nSPS) is 18.3. The Balaban J connectivity index is 1.97. The molecule has 1 N–H and O–H groups in total. The number of amides is 1. The van der Waals surface area contributed by atoms with Crippen LogP contribution in [0.3, 0.4) is 0 Å². The number of aliphatic hydroxyl groups excluding tert-OH is 1. The summed E-state index contributed by atoms with van der Waals surface area (Å²) in [7, 11) is 0. The number of hydrogen-bond donors (Lipinski definition) is 1. The minimum absolute atomic E-state index is 0.135. The lowest BCUT2D eigenvalue weighted by Crippen LogP contribution is -2.29. The van der Waals surface area contributed by atoms with Crippen molar-refractivity contribution in [3.05, 3.63) is 92.2 Å². The van der Waals surface area contributed by atoms with Crippen molar-refractivity contribution < 1.29 is 14.7 Å². The van der Waals surface area contributed by atoms with Gasteiger partial charge < -0.3 is 5.11 Å². The maximum Gasteiger partial charge on any atom is 0.300 e. The van der Waals surface area contributed by atoms with Crippen molar-refractivity contribution in [3.8, 4) is 0 Å². The Morgan fingerprint density at radius 2 is 1.70 bits per heavy atom. The smallest absolute Gasteiger partial charge is 0.300 e. The molecule has 1 aliphatic rings. The van der Waals surface area contributed by atoms with Gasteiger partial charge in [0.2, 0.25) is 0 Å². The lowest BCUT2D eigenvalue weighted by Gasteiger charge is -2.25. The molecule has 1 aromatic heterocycles. The summed E-state index contributed by atoms with van der Waals surface area (Å²) in [4.78, 5) is 28.7. The Morgan fingerprint density at radius 1 is 0.933 bits per heavy atom. The molecule has 152 valence electrons. The Hall–Kier alpha value is -3.18. The van der Waals surface area contributed by atoms with E-state index in [-0.39, 0.29) is 11.3 Å². The fourth-order valence-corrected chi connectivity index (χ4v) is 4.86. The highest BCUT2D eigenvalue weighted by molar-refractivity contribution is 7.10. The third kappa shape index (κ3) is 3.25. The number of hydrogen-bond acceptors (Lipinski definition) is 4. The summed E-state index contributed by atoms with van der Waals surface area (Å²) < 4.78 is 0. The van der Waals surface area contributed by atoms with Gasteiger partial charge in [0, 0.05) is 16.1 Å². The molecule has 0 radical (unpaired) electrons. The molecule has 1 unspecified atom stereocenters. The van der Waals surface area contributed by atoms with Gasteiger partial charge in [0.25, 0.3) is 11.7 Å². The van der Waals surface area contributed by atoms with Crippen LogP contribution in [0.4, 0.5) is 5.69 Å². The van der Waals surface area contributed by atoms with Gasteiger partial charge in [-0.3, -0.25) is 14.5 Å².